The summed E-state index contributed by atoms with van der Waals surface area (Å²) in [6.07, 6.45) is 1.15. The molecule has 0 radical (unpaired) electrons. The Hall–Kier alpha value is -3.23. The Bertz CT molecular complexity index is 1340. The van der Waals surface area contributed by atoms with E-state index in [0.29, 0.717) is 47.2 Å². The molecule has 0 bridgehead atoms. The number of halogens is 1. The highest BCUT2D eigenvalue weighted by Crippen LogP contribution is 2.37. The fourth-order valence-electron chi connectivity index (χ4n) is 4.29. The number of methoxy groups -OCH3 is 2. The second-order valence-electron chi connectivity index (χ2n) is 8.35. The third-order valence-electron chi connectivity index (χ3n) is 6.01. The van der Waals surface area contributed by atoms with Crippen molar-refractivity contribution in [2.45, 2.75) is 30.7 Å². The fourth-order valence-corrected chi connectivity index (χ4v) is 6.11. The van der Waals surface area contributed by atoms with Crippen LogP contribution in [0.1, 0.15) is 28.4 Å². The summed E-state index contributed by atoms with van der Waals surface area (Å²) < 4.78 is 38.6. The first kappa shape index (κ1) is 24.9. The van der Waals surface area contributed by atoms with Crippen LogP contribution >= 0.6 is 11.6 Å². The molecule has 184 valence electrons. The van der Waals surface area contributed by atoms with E-state index in [0.717, 1.165) is 11.1 Å². The highest BCUT2D eigenvalue weighted by atomic mass is 35.5. The Morgan fingerprint density at radius 3 is 2.43 bits per heavy atom. The number of nitrogens with zero attached hydrogens (tertiary/aromatic N) is 1. The van der Waals surface area contributed by atoms with Gasteiger partial charge in [-0.2, -0.15) is 0 Å². The van der Waals surface area contributed by atoms with Gasteiger partial charge in [0.1, 0.15) is 0 Å². The third-order valence-corrected chi connectivity index (χ3v) is 8.21. The molecule has 0 fully saturated rings. The molecule has 1 atom stereocenters. The van der Waals surface area contributed by atoms with E-state index in [1.807, 2.05) is 25.1 Å². The van der Waals surface area contributed by atoms with E-state index in [4.69, 9.17) is 21.1 Å². The number of carbonyl (C=O) groups is 1. The average Bonchev–Trinajstić information content (AvgIpc) is 3.19. The lowest BCUT2D eigenvalue weighted by atomic mass is 10.1. The first-order chi connectivity index (χ1) is 16.7. The lowest BCUT2D eigenvalue weighted by molar-refractivity contribution is 0.0954. The quantitative estimate of drug-likeness (QED) is 0.479. The van der Waals surface area contributed by atoms with Crippen LogP contribution in [0.5, 0.6) is 11.5 Å². The lowest BCUT2D eigenvalue weighted by Gasteiger charge is -2.24. The maximum atomic E-state index is 13.3. The van der Waals surface area contributed by atoms with Gasteiger partial charge in [-0.05, 0) is 85.5 Å². The number of sulfonamides is 1. The molecule has 3 aromatic carbocycles. The molecule has 0 saturated heterocycles. The van der Waals surface area contributed by atoms with E-state index in [-0.39, 0.29) is 16.8 Å². The molecule has 0 unspecified atom stereocenters. The van der Waals surface area contributed by atoms with Crippen LogP contribution in [0.4, 0.5) is 5.69 Å². The van der Waals surface area contributed by atoms with Gasteiger partial charge in [0.2, 0.25) is 0 Å². The molecule has 0 spiro atoms. The molecule has 1 amide bonds. The van der Waals surface area contributed by atoms with E-state index in [1.165, 1.54) is 16.4 Å². The smallest absolute Gasteiger partial charge is 0.264 e. The van der Waals surface area contributed by atoms with Crippen molar-refractivity contribution in [3.05, 3.63) is 82.4 Å². The van der Waals surface area contributed by atoms with E-state index in [1.54, 1.807) is 44.6 Å². The van der Waals surface area contributed by atoms with Crippen molar-refractivity contribution in [3.8, 4) is 11.5 Å². The summed E-state index contributed by atoms with van der Waals surface area (Å²) in [7, 11) is -0.584. The van der Waals surface area contributed by atoms with Gasteiger partial charge in [-0.3, -0.25) is 9.10 Å². The molecule has 35 heavy (non-hydrogen) atoms. The van der Waals surface area contributed by atoms with Crippen LogP contribution in [0.25, 0.3) is 0 Å². The van der Waals surface area contributed by atoms with Crippen LogP contribution < -0.4 is 19.1 Å². The predicted molar refractivity (Wildman–Crippen MR) is 136 cm³/mol. The normalized spacial score (nSPS) is 15.0. The van der Waals surface area contributed by atoms with Gasteiger partial charge < -0.3 is 14.8 Å². The molecule has 1 aliphatic heterocycles. The van der Waals surface area contributed by atoms with Crippen LogP contribution in [-0.4, -0.2) is 41.1 Å². The maximum absolute atomic E-state index is 13.3. The van der Waals surface area contributed by atoms with Gasteiger partial charge in [-0.25, -0.2) is 8.42 Å². The summed E-state index contributed by atoms with van der Waals surface area (Å²) in [5.74, 6) is 1.09. The van der Waals surface area contributed by atoms with Crippen molar-refractivity contribution >= 4 is 33.2 Å². The van der Waals surface area contributed by atoms with E-state index < -0.39 is 10.0 Å². The summed E-state index contributed by atoms with van der Waals surface area (Å²) in [5, 5.41) is 3.41. The summed E-state index contributed by atoms with van der Waals surface area (Å²) in [5.41, 5.74) is 2.92. The Morgan fingerprint density at radius 2 is 1.74 bits per heavy atom. The molecule has 1 aliphatic rings. The zero-order valence-corrected chi connectivity index (χ0v) is 21.3. The number of ether oxygens (including phenoxy) is 2. The summed E-state index contributed by atoms with van der Waals surface area (Å²) in [4.78, 5) is 13.0. The van der Waals surface area contributed by atoms with Crippen molar-refractivity contribution in [3.63, 3.8) is 0 Å². The minimum absolute atomic E-state index is 0.179. The van der Waals surface area contributed by atoms with Gasteiger partial charge in [0.15, 0.2) is 11.5 Å². The second kappa shape index (κ2) is 10.2. The van der Waals surface area contributed by atoms with Crippen LogP contribution in [0.15, 0.2) is 65.6 Å². The zero-order chi connectivity index (χ0) is 25.2. The van der Waals surface area contributed by atoms with E-state index >= 15 is 0 Å². The molecular weight excluding hydrogens is 488 g/mol. The van der Waals surface area contributed by atoms with E-state index in [9.17, 15) is 13.2 Å². The van der Waals surface area contributed by atoms with E-state index in [2.05, 4.69) is 5.32 Å². The highest BCUT2D eigenvalue weighted by molar-refractivity contribution is 7.92. The number of rotatable bonds is 8. The largest absolute Gasteiger partial charge is 0.493 e. The molecule has 7 nitrogen and oxygen atoms in total. The highest BCUT2D eigenvalue weighted by Gasteiger charge is 2.36. The Morgan fingerprint density at radius 1 is 1.03 bits per heavy atom. The zero-order valence-electron chi connectivity index (χ0n) is 19.7. The number of hydrogen-bond acceptors (Lipinski definition) is 5. The number of carbonyl (C=O) groups excluding carboxylic acids is 1. The van der Waals surface area contributed by atoms with Crippen molar-refractivity contribution < 1.29 is 22.7 Å². The molecule has 3 aromatic rings. The summed E-state index contributed by atoms with van der Waals surface area (Å²) >= 11 is 5.92. The Kier molecular flexibility index (Phi) is 7.23. The fraction of sp³-hybridized carbons (Fsp3) is 0.269. The van der Waals surface area contributed by atoms with Gasteiger partial charge in [0, 0.05) is 23.2 Å². The summed E-state index contributed by atoms with van der Waals surface area (Å²) in [6.45, 7) is 2.30. The Labute approximate surface area is 210 Å². The van der Waals surface area contributed by atoms with Crippen molar-refractivity contribution in [2.24, 2.45) is 0 Å². The SMILES string of the molecule is COc1ccc(CCNC(=O)c2ccc3c(c2)C[C@@H](C)N3S(=O)(=O)c2ccc(Cl)cc2)cc1OC. The van der Waals surface area contributed by atoms with Crippen LogP contribution in [0, 0.1) is 0 Å². The maximum Gasteiger partial charge on any atom is 0.264 e. The Balaban J connectivity index is 1.46. The van der Waals surface area contributed by atoms with Crippen LogP contribution in [-0.2, 0) is 22.9 Å². The van der Waals surface area contributed by atoms with Gasteiger partial charge in [-0.1, -0.05) is 17.7 Å². The van der Waals surface area contributed by atoms with Gasteiger partial charge in [0.25, 0.3) is 15.9 Å². The summed E-state index contributed by atoms with van der Waals surface area (Å²) in [6, 6.07) is 16.6. The molecule has 0 saturated carbocycles. The minimum atomic E-state index is -3.75. The third kappa shape index (κ3) is 5.09. The van der Waals surface area contributed by atoms with Crippen molar-refractivity contribution in [2.75, 3.05) is 25.1 Å². The second-order valence-corrected chi connectivity index (χ2v) is 10.6. The minimum Gasteiger partial charge on any atom is -0.493 e. The van der Waals surface area contributed by atoms with Crippen LogP contribution in [0.3, 0.4) is 0 Å². The number of amides is 1. The van der Waals surface area contributed by atoms with Crippen molar-refractivity contribution in [1.82, 2.24) is 5.32 Å². The molecule has 0 aliphatic carbocycles. The number of fused-ring (bicyclic) bond motifs is 1. The lowest BCUT2D eigenvalue weighted by Crippen LogP contribution is -2.35. The van der Waals surface area contributed by atoms with Crippen LogP contribution in [0.2, 0.25) is 5.02 Å². The standard InChI is InChI=1S/C26H27ClN2O5S/c1-17-14-20-16-19(26(30)28-13-12-18-4-11-24(33-2)25(15-18)34-3)5-10-23(20)29(17)35(31,32)22-8-6-21(27)7-9-22/h4-11,15-17H,12-14H2,1-3H3,(H,28,30)/t17-/m1/s1. The van der Waals surface area contributed by atoms with Gasteiger partial charge in [-0.15, -0.1) is 0 Å². The average molecular weight is 515 g/mol. The number of nitrogens with one attached hydrogen (secondary N) is 1. The molecular formula is C26H27ClN2O5S. The molecule has 1 N–H and O–H groups in total. The first-order valence-electron chi connectivity index (χ1n) is 11.2. The van der Waals surface area contributed by atoms with Crippen molar-refractivity contribution in [1.29, 1.82) is 0 Å². The molecule has 9 heteroatoms. The first-order valence-corrected chi connectivity index (χ1v) is 13.0. The molecule has 1 heterocycles. The monoisotopic (exact) mass is 514 g/mol. The number of benzene rings is 3. The number of hydrogen-bond donors (Lipinski definition) is 1. The molecule has 0 aromatic heterocycles. The van der Waals surface area contributed by atoms with Gasteiger partial charge >= 0.3 is 0 Å². The topological polar surface area (TPSA) is 84.9 Å². The predicted octanol–water partition coefficient (Wildman–Crippen LogP) is 4.47. The molecule has 4 rings (SSSR count). The number of anilines is 1. The van der Waals surface area contributed by atoms with Gasteiger partial charge in [0.05, 0.1) is 24.8 Å².